The zero-order chi connectivity index (χ0) is 21.9. The van der Waals surface area contributed by atoms with Crippen molar-refractivity contribution >= 4 is 43.6 Å². The van der Waals surface area contributed by atoms with Gasteiger partial charge in [-0.1, -0.05) is 48.5 Å². The van der Waals surface area contributed by atoms with Crippen LogP contribution in [0.15, 0.2) is 109 Å². The molecule has 0 aliphatic carbocycles. The Morgan fingerprint density at radius 2 is 1.12 bits per heavy atom. The number of hydrogen-bond acceptors (Lipinski definition) is 1. The number of aromatic nitrogens is 3. The number of aryl methyl sites for hydroxylation is 1. The number of benzene rings is 4. The van der Waals surface area contributed by atoms with Crippen LogP contribution in [0.3, 0.4) is 0 Å². The summed E-state index contributed by atoms with van der Waals surface area (Å²) < 4.78 is 4.58. The van der Waals surface area contributed by atoms with Gasteiger partial charge in [-0.2, -0.15) is 0 Å². The van der Waals surface area contributed by atoms with Crippen LogP contribution in [0.25, 0.3) is 60.4 Å². The van der Waals surface area contributed by atoms with E-state index in [-0.39, 0.29) is 0 Å². The zero-order valence-corrected chi connectivity index (χ0v) is 18.2. The molecule has 0 spiro atoms. The van der Waals surface area contributed by atoms with Gasteiger partial charge >= 0.3 is 0 Å². The minimum Gasteiger partial charge on any atom is -0.344 e. The molecule has 0 aliphatic heterocycles. The van der Waals surface area contributed by atoms with Crippen LogP contribution in [0.1, 0.15) is 0 Å². The monoisotopic (exact) mass is 423 g/mol. The third kappa shape index (κ3) is 2.60. The van der Waals surface area contributed by atoms with E-state index >= 15 is 0 Å². The molecule has 33 heavy (non-hydrogen) atoms. The van der Waals surface area contributed by atoms with E-state index in [9.17, 15) is 0 Å². The van der Waals surface area contributed by atoms with Gasteiger partial charge in [0.05, 0.1) is 22.9 Å². The largest absolute Gasteiger partial charge is 0.344 e. The highest BCUT2D eigenvalue weighted by Gasteiger charge is 2.14. The average Bonchev–Trinajstić information content (AvgIpc) is 3.36. The molecule has 0 saturated heterocycles. The summed E-state index contributed by atoms with van der Waals surface area (Å²) in [5, 5.41) is 5.10. The number of rotatable bonds is 2. The van der Waals surface area contributed by atoms with E-state index in [2.05, 4.69) is 112 Å². The first-order valence-corrected chi connectivity index (χ1v) is 11.2. The first kappa shape index (κ1) is 18.2. The van der Waals surface area contributed by atoms with Crippen LogP contribution in [0.4, 0.5) is 0 Å². The Balaban J connectivity index is 1.49. The fourth-order valence-corrected chi connectivity index (χ4v) is 5.26. The van der Waals surface area contributed by atoms with Gasteiger partial charge in [0.15, 0.2) is 0 Å². The third-order valence-electron chi connectivity index (χ3n) is 6.82. The molecular weight excluding hydrogens is 402 g/mol. The summed E-state index contributed by atoms with van der Waals surface area (Å²) in [5.74, 6) is 0. The number of pyridine rings is 1. The van der Waals surface area contributed by atoms with E-state index in [1.807, 2.05) is 18.5 Å². The molecule has 0 fully saturated rings. The molecule has 3 aromatic heterocycles. The zero-order valence-electron chi connectivity index (χ0n) is 18.2. The summed E-state index contributed by atoms with van der Waals surface area (Å²) in [5.41, 5.74) is 8.45. The second-order valence-electron chi connectivity index (χ2n) is 8.60. The summed E-state index contributed by atoms with van der Waals surface area (Å²) in [6.45, 7) is 0. The van der Waals surface area contributed by atoms with Gasteiger partial charge in [0.25, 0.3) is 0 Å². The summed E-state index contributed by atoms with van der Waals surface area (Å²) in [4.78, 5) is 4.35. The minimum absolute atomic E-state index is 1.08. The van der Waals surface area contributed by atoms with Crippen LogP contribution in [-0.2, 0) is 7.05 Å². The van der Waals surface area contributed by atoms with Crippen LogP contribution < -0.4 is 0 Å². The molecule has 0 radical (unpaired) electrons. The number of para-hydroxylation sites is 2. The Morgan fingerprint density at radius 3 is 1.85 bits per heavy atom. The highest BCUT2D eigenvalue weighted by molar-refractivity contribution is 6.12. The maximum absolute atomic E-state index is 4.35. The SMILES string of the molecule is Cn1c2ccccc2c2cc(-c3ccc4c(c3)c3ccccc3n4-c3cccnc3)ccc21. The second kappa shape index (κ2) is 6.81. The molecule has 0 N–H and O–H groups in total. The number of hydrogen-bond donors (Lipinski definition) is 0. The molecule has 4 aromatic carbocycles. The van der Waals surface area contributed by atoms with Gasteiger partial charge in [-0.25, -0.2) is 0 Å². The summed E-state index contributed by atoms with van der Waals surface area (Å²) in [6, 6.07) is 35.0. The van der Waals surface area contributed by atoms with Crippen molar-refractivity contribution in [2.75, 3.05) is 0 Å². The van der Waals surface area contributed by atoms with E-state index in [1.54, 1.807) is 0 Å². The first-order valence-electron chi connectivity index (χ1n) is 11.2. The van der Waals surface area contributed by atoms with Crippen molar-refractivity contribution in [2.24, 2.45) is 7.05 Å². The van der Waals surface area contributed by atoms with Crippen LogP contribution in [0.5, 0.6) is 0 Å². The Labute approximate surface area is 191 Å². The van der Waals surface area contributed by atoms with E-state index in [4.69, 9.17) is 0 Å². The Hall–Kier alpha value is -4.37. The predicted molar refractivity (Wildman–Crippen MR) is 138 cm³/mol. The third-order valence-corrected chi connectivity index (χ3v) is 6.82. The van der Waals surface area contributed by atoms with Crippen molar-refractivity contribution in [3.05, 3.63) is 109 Å². The van der Waals surface area contributed by atoms with Crippen molar-refractivity contribution in [3.63, 3.8) is 0 Å². The molecule has 7 aromatic rings. The smallest absolute Gasteiger partial charge is 0.0645 e. The van der Waals surface area contributed by atoms with Crippen LogP contribution >= 0.6 is 0 Å². The predicted octanol–water partition coefficient (Wildman–Crippen LogP) is 7.49. The van der Waals surface area contributed by atoms with Crippen molar-refractivity contribution < 1.29 is 0 Å². The maximum atomic E-state index is 4.35. The fraction of sp³-hybridized carbons (Fsp3) is 0.0333. The van der Waals surface area contributed by atoms with Crippen LogP contribution in [-0.4, -0.2) is 14.1 Å². The van der Waals surface area contributed by atoms with E-state index < -0.39 is 0 Å². The highest BCUT2D eigenvalue weighted by atomic mass is 15.0. The summed E-state index contributed by atoms with van der Waals surface area (Å²) >= 11 is 0. The van der Waals surface area contributed by atoms with Gasteiger partial charge in [0.1, 0.15) is 0 Å². The van der Waals surface area contributed by atoms with Gasteiger partial charge in [-0.15, -0.1) is 0 Å². The molecule has 0 unspecified atom stereocenters. The van der Waals surface area contributed by atoms with E-state index in [0.29, 0.717) is 0 Å². The molecule has 3 heterocycles. The number of fused-ring (bicyclic) bond motifs is 6. The van der Waals surface area contributed by atoms with Crippen LogP contribution in [0.2, 0.25) is 0 Å². The molecular formula is C30H21N3. The number of nitrogens with zero attached hydrogens (tertiary/aromatic N) is 3. The lowest BCUT2D eigenvalue weighted by molar-refractivity contribution is 1.01. The average molecular weight is 424 g/mol. The lowest BCUT2D eigenvalue weighted by Crippen LogP contribution is -1.93. The molecule has 0 atom stereocenters. The fourth-order valence-electron chi connectivity index (χ4n) is 5.26. The molecule has 156 valence electrons. The standard InChI is InChI=1S/C30H21N3/c1-32-27-10-4-2-8-23(27)25-17-20(12-14-28(25)32)21-13-15-30-26(18-21)24-9-3-5-11-29(24)33(30)22-7-6-16-31-19-22/h2-19H,1H3. The summed E-state index contributed by atoms with van der Waals surface area (Å²) in [7, 11) is 2.14. The minimum atomic E-state index is 1.08. The first-order chi connectivity index (χ1) is 16.3. The van der Waals surface area contributed by atoms with Crippen molar-refractivity contribution in [1.82, 2.24) is 14.1 Å². The molecule has 0 amide bonds. The van der Waals surface area contributed by atoms with E-state index in [1.165, 1.54) is 54.7 Å². The Bertz CT molecular complexity index is 1820. The van der Waals surface area contributed by atoms with Gasteiger partial charge in [0.2, 0.25) is 0 Å². The normalized spacial score (nSPS) is 11.8. The van der Waals surface area contributed by atoms with Crippen molar-refractivity contribution in [3.8, 4) is 16.8 Å². The quantitative estimate of drug-likeness (QED) is 0.282. The van der Waals surface area contributed by atoms with Gasteiger partial charge < -0.3 is 9.13 Å². The van der Waals surface area contributed by atoms with Crippen molar-refractivity contribution in [2.45, 2.75) is 0 Å². The van der Waals surface area contributed by atoms with Crippen LogP contribution in [0, 0.1) is 0 Å². The lowest BCUT2D eigenvalue weighted by atomic mass is 10.0. The van der Waals surface area contributed by atoms with Crippen molar-refractivity contribution in [1.29, 1.82) is 0 Å². The lowest BCUT2D eigenvalue weighted by Gasteiger charge is -2.08. The van der Waals surface area contributed by atoms with Gasteiger partial charge in [0, 0.05) is 45.8 Å². The molecule has 0 bridgehead atoms. The van der Waals surface area contributed by atoms with E-state index in [0.717, 1.165) is 5.69 Å². The molecule has 3 heteroatoms. The molecule has 0 saturated carbocycles. The molecule has 3 nitrogen and oxygen atoms in total. The topological polar surface area (TPSA) is 22.8 Å². The van der Waals surface area contributed by atoms with Gasteiger partial charge in [-0.05, 0) is 59.7 Å². The Morgan fingerprint density at radius 1 is 0.545 bits per heavy atom. The second-order valence-corrected chi connectivity index (χ2v) is 8.60. The molecule has 0 aliphatic rings. The Kier molecular flexibility index (Phi) is 3.76. The molecule has 7 rings (SSSR count). The van der Waals surface area contributed by atoms with Gasteiger partial charge in [-0.3, -0.25) is 4.98 Å². The highest BCUT2D eigenvalue weighted by Crippen LogP contribution is 2.36. The maximum Gasteiger partial charge on any atom is 0.0645 e. The summed E-state index contributed by atoms with van der Waals surface area (Å²) in [6.07, 6.45) is 3.74.